The van der Waals surface area contributed by atoms with Gasteiger partial charge in [0.2, 0.25) is 5.91 Å². The van der Waals surface area contributed by atoms with Gasteiger partial charge >= 0.3 is 5.97 Å². The van der Waals surface area contributed by atoms with Crippen LogP contribution in [0, 0.1) is 11.8 Å². The van der Waals surface area contributed by atoms with Crippen molar-refractivity contribution in [1.82, 2.24) is 0 Å². The smallest absolute Gasteiger partial charge is 0.307 e. The molecule has 1 aromatic heterocycles. The molecule has 0 saturated carbocycles. The first-order valence-electron chi connectivity index (χ1n) is 8.18. The second kappa shape index (κ2) is 7.97. The number of rotatable bonds is 5. The third kappa shape index (κ3) is 4.18. The van der Waals surface area contributed by atoms with Crippen LogP contribution >= 0.6 is 11.3 Å². The average Bonchev–Trinajstić information content (AvgIpc) is 3.17. The van der Waals surface area contributed by atoms with E-state index in [0.29, 0.717) is 29.1 Å². The summed E-state index contributed by atoms with van der Waals surface area (Å²) in [6, 6.07) is 10.3. The van der Waals surface area contributed by atoms with Crippen LogP contribution in [-0.4, -0.2) is 22.9 Å². The van der Waals surface area contributed by atoms with E-state index >= 15 is 0 Å². The summed E-state index contributed by atoms with van der Waals surface area (Å²) in [5, 5.41) is 16.7. The number of carboxylic acids is 1. The van der Waals surface area contributed by atoms with Crippen molar-refractivity contribution in [3.63, 3.8) is 0 Å². The highest BCUT2D eigenvalue weighted by Gasteiger charge is 2.33. The lowest BCUT2D eigenvalue weighted by Crippen LogP contribution is -2.34. The summed E-state index contributed by atoms with van der Waals surface area (Å²) in [6.07, 6.45) is 4.38. The Morgan fingerprint density at radius 3 is 2.31 bits per heavy atom. The summed E-state index contributed by atoms with van der Waals surface area (Å²) in [7, 11) is 0. The van der Waals surface area contributed by atoms with Crippen LogP contribution in [0.15, 0.2) is 53.9 Å². The maximum Gasteiger partial charge on any atom is 0.307 e. The lowest BCUT2D eigenvalue weighted by Gasteiger charge is -2.24. The molecule has 134 valence electrons. The van der Waals surface area contributed by atoms with Gasteiger partial charge in [-0.3, -0.25) is 14.4 Å². The number of carbonyl (C=O) groups is 3. The van der Waals surface area contributed by atoms with Crippen LogP contribution in [0.2, 0.25) is 0 Å². The maximum absolute atomic E-state index is 12.5. The fourth-order valence-corrected chi connectivity index (χ4v) is 3.51. The zero-order valence-corrected chi connectivity index (χ0v) is 14.7. The molecule has 0 aliphatic heterocycles. The van der Waals surface area contributed by atoms with Crippen LogP contribution in [0.5, 0.6) is 0 Å². The number of anilines is 2. The van der Waals surface area contributed by atoms with Gasteiger partial charge in [0.05, 0.1) is 16.7 Å². The third-order valence-electron chi connectivity index (χ3n) is 4.22. The van der Waals surface area contributed by atoms with Crippen molar-refractivity contribution in [2.75, 3.05) is 10.6 Å². The van der Waals surface area contributed by atoms with Gasteiger partial charge in [-0.05, 0) is 42.5 Å². The zero-order valence-electron chi connectivity index (χ0n) is 13.8. The minimum atomic E-state index is -0.966. The van der Waals surface area contributed by atoms with Crippen molar-refractivity contribution in [3.05, 3.63) is 58.8 Å². The number of amides is 2. The normalized spacial score (nSPS) is 18.9. The van der Waals surface area contributed by atoms with Crippen LogP contribution in [-0.2, 0) is 9.59 Å². The van der Waals surface area contributed by atoms with Gasteiger partial charge in [0.15, 0.2) is 0 Å². The van der Waals surface area contributed by atoms with Crippen LogP contribution in [0.1, 0.15) is 22.5 Å². The molecule has 3 rings (SSSR count). The fourth-order valence-electron chi connectivity index (χ4n) is 2.89. The second-order valence-electron chi connectivity index (χ2n) is 6.00. The molecule has 26 heavy (non-hydrogen) atoms. The summed E-state index contributed by atoms with van der Waals surface area (Å²) in [5.74, 6) is -2.84. The molecular formula is C19H18N2O4S. The average molecular weight is 370 g/mol. The van der Waals surface area contributed by atoms with Crippen molar-refractivity contribution in [3.8, 4) is 0 Å². The SMILES string of the molecule is O=C(Nc1cccc(NC(=O)[C@@H]2CC=CC[C@@H]2C(=O)O)c1)c1cccs1. The fraction of sp³-hybridized carbons (Fsp3) is 0.211. The van der Waals surface area contributed by atoms with Crippen molar-refractivity contribution in [1.29, 1.82) is 0 Å². The van der Waals surface area contributed by atoms with E-state index in [2.05, 4.69) is 10.6 Å². The van der Waals surface area contributed by atoms with E-state index in [1.165, 1.54) is 11.3 Å². The first-order valence-corrected chi connectivity index (χ1v) is 9.06. The van der Waals surface area contributed by atoms with Gasteiger partial charge in [0.1, 0.15) is 0 Å². The number of hydrogen-bond donors (Lipinski definition) is 3. The molecule has 0 fully saturated rings. The Bertz CT molecular complexity index is 845. The summed E-state index contributed by atoms with van der Waals surface area (Å²) in [5.41, 5.74) is 1.07. The Balaban J connectivity index is 1.68. The maximum atomic E-state index is 12.5. The number of nitrogens with one attached hydrogen (secondary N) is 2. The van der Waals surface area contributed by atoms with E-state index in [1.54, 1.807) is 42.5 Å². The minimum Gasteiger partial charge on any atom is -0.481 e. The molecule has 0 bridgehead atoms. The molecule has 3 N–H and O–H groups in total. The van der Waals surface area contributed by atoms with E-state index in [9.17, 15) is 19.5 Å². The summed E-state index contributed by atoms with van der Waals surface area (Å²) in [6.45, 7) is 0. The molecule has 0 saturated heterocycles. The summed E-state index contributed by atoms with van der Waals surface area (Å²) in [4.78, 5) is 36.6. The molecule has 2 atom stereocenters. The van der Waals surface area contributed by atoms with Crippen molar-refractivity contribution in [2.45, 2.75) is 12.8 Å². The first-order chi connectivity index (χ1) is 12.5. The number of hydrogen-bond acceptors (Lipinski definition) is 4. The van der Waals surface area contributed by atoms with Crippen molar-refractivity contribution in [2.24, 2.45) is 11.8 Å². The van der Waals surface area contributed by atoms with Crippen LogP contribution in [0.3, 0.4) is 0 Å². The predicted molar refractivity (Wildman–Crippen MR) is 100 cm³/mol. The van der Waals surface area contributed by atoms with E-state index in [-0.39, 0.29) is 11.8 Å². The third-order valence-corrected chi connectivity index (χ3v) is 5.09. The lowest BCUT2D eigenvalue weighted by atomic mass is 9.82. The van der Waals surface area contributed by atoms with Gasteiger partial charge < -0.3 is 15.7 Å². The molecule has 0 spiro atoms. The Kier molecular flexibility index (Phi) is 5.48. The van der Waals surface area contributed by atoms with Gasteiger partial charge in [0.25, 0.3) is 5.91 Å². The Morgan fingerprint density at radius 1 is 0.962 bits per heavy atom. The van der Waals surface area contributed by atoms with Gasteiger partial charge in [-0.1, -0.05) is 24.3 Å². The largest absolute Gasteiger partial charge is 0.481 e. The highest BCUT2D eigenvalue weighted by atomic mass is 32.1. The number of allylic oxidation sites excluding steroid dienone is 2. The van der Waals surface area contributed by atoms with E-state index in [4.69, 9.17) is 0 Å². The molecular weight excluding hydrogens is 352 g/mol. The highest BCUT2D eigenvalue weighted by molar-refractivity contribution is 7.12. The monoisotopic (exact) mass is 370 g/mol. The standard InChI is InChI=1S/C19H18N2O4S/c22-17(14-7-1-2-8-15(14)19(24)25)20-12-5-3-6-13(11-12)21-18(23)16-9-4-10-26-16/h1-6,9-11,14-15H,7-8H2,(H,20,22)(H,21,23)(H,24,25)/t14-,15+/m1/s1. The van der Waals surface area contributed by atoms with Gasteiger partial charge in [-0.25, -0.2) is 0 Å². The summed E-state index contributed by atoms with van der Waals surface area (Å²) >= 11 is 1.34. The number of carbonyl (C=O) groups excluding carboxylic acids is 2. The number of thiophene rings is 1. The predicted octanol–water partition coefficient (Wildman–Crippen LogP) is 3.61. The van der Waals surface area contributed by atoms with Gasteiger partial charge in [0, 0.05) is 11.4 Å². The molecule has 0 radical (unpaired) electrons. The Labute approximate surface area is 154 Å². The Morgan fingerprint density at radius 2 is 1.65 bits per heavy atom. The van der Waals surface area contributed by atoms with Crippen molar-refractivity contribution >= 4 is 40.5 Å². The molecule has 1 aliphatic carbocycles. The second-order valence-corrected chi connectivity index (χ2v) is 6.94. The Hall–Kier alpha value is -2.93. The van der Waals surface area contributed by atoms with Crippen LogP contribution < -0.4 is 10.6 Å². The number of benzene rings is 1. The van der Waals surface area contributed by atoms with E-state index < -0.39 is 17.8 Å². The summed E-state index contributed by atoms with van der Waals surface area (Å²) < 4.78 is 0. The topological polar surface area (TPSA) is 95.5 Å². The zero-order chi connectivity index (χ0) is 18.5. The molecule has 1 heterocycles. The molecule has 1 aromatic carbocycles. The first kappa shape index (κ1) is 17.9. The van der Waals surface area contributed by atoms with Crippen LogP contribution in [0.25, 0.3) is 0 Å². The number of carboxylic acid groups (broad SMARTS) is 1. The van der Waals surface area contributed by atoms with E-state index in [1.807, 2.05) is 11.5 Å². The van der Waals surface area contributed by atoms with Gasteiger partial charge in [-0.2, -0.15) is 0 Å². The minimum absolute atomic E-state index is 0.216. The lowest BCUT2D eigenvalue weighted by molar-refractivity contribution is -0.146. The quantitative estimate of drug-likeness (QED) is 0.701. The highest BCUT2D eigenvalue weighted by Crippen LogP contribution is 2.27. The molecule has 1 aliphatic rings. The molecule has 0 unspecified atom stereocenters. The van der Waals surface area contributed by atoms with E-state index in [0.717, 1.165) is 0 Å². The molecule has 2 aromatic rings. The van der Waals surface area contributed by atoms with Crippen molar-refractivity contribution < 1.29 is 19.5 Å². The molecule has 6 nitrogen and oxygen atoms in total. The number of aliphatic carboxylic acids is 1. The van der Waals surface area contributed by atoms with Crippen LogP contribution in [0.4, 0.5) is 11.4 Å². The molecule has 2 amide bonds. The molecule has 7 heteroatoms. The van der Waals surface area contributed by atoms with Gasteiger partial charge in [-0.15, -0.1) is 11.3 Å².